The number of methoxy groups -OCH3 is 1. The van der Waals surface area contributed by atoms with Crippen molar-refractivity contribution < 1.29 is 4.74 Å². The van der Waals surface area contributed by atoms with Gasteiger partial charge in [0.05, 0.1) is 13.3 Å². The van der Waals surface area contributed by atoms with Gasteiger partial charge in [-0.3, -0.25) is 0 Å². The smallest absolute Gasteiger partial charge is 0.244 e. The number of hydrogen-bond donors (Lipinski definition) is 2. The van der Waals surface area contributed by atoms with Crippen molar-refractivity contribution in [3.05, 3.63) is 48.7 Å². The van der Waals surface area contributed by atoms with Gasteiger partial charge in [0.15, 0.2) is 5.82 Å². The summed E-state index contributed by atoms with van der Waals surface area (Å²) >= 11 is 0. The first-order chi connectivity index (χ1) is 10.3. The van der Waals surface area contributed by atoms with Gasteiger partial charge in [-0.05, 0) is 24.1 Å². The molecule has 6 heteroatoms. The Morgan fingerprint density at radius 3 is 3.05 bits per heavy atom. The first kappa shape index (κ1) is 14.8. The molecule has 0 fully saturated rings. The van der Waals surface area contributed by atoms with Crippen LogP contribution < -0.4 is 15.4 Å². The summed E-state index contributed by atoms with van der Waals surface area (Å²) in [5, 5.41) is 14.0. The van der Waals surface area contributed by atoms with Crippen molar-refractivity contribution in [2.24, 2.45) is 0 Å². The van der Waals surface area contributed by atoms with Gasteiger partial charge in [-0.2, -0.15) is 10.1 Å². The van der Waals surface area contributed by atoms with Gasteiger partial charge in [-0.1, -0.05) is 18.2 Å². The molecule has 1 aromatic carbocycles. The lowest BCUT2D eigenvalue weighted by atomic mass is 10.1. The molecule has 0 aliphatic carbocycles. The molecule has 0 atom stereocenters. The zero-order valence-electron chi connectivity index (χ0n) is 12.0. The zero-order valence-corrected chi connectivity index (χ0v) is 12.0. The van der Waals surface area contributed by atoms with E-state index in [0.29, 0.717) is 18.3 Å². The highest BCUT2D eigenvalue weighted by molar-refractivity contribution is 5.37. The predicted molar refractivity (Wildman–Crippen MR) is 83.7 cm³/mol. The van der Waals surface area contributed by atoms with Gasteiger partial charge in [0.25, 0.3) is 0 Å². The molecule has 0 unspecified atom stereocenters. The van der Waals surface area contributed by atoms with Gasteiger partial charge < -0.3 is 15.4 Å². The summed E-state index contributed by atoms with van der Waals surface area (Å²) in [7, 11) is 1.67. The molecule has 6 nitrogen and oxygen atoms in total. The van der Waals surface area contributed by atoms with E-state index in [1.165, 1.54) is 5.56 Å². The Morgan fingerprint density at radius 1 is 1.33 bits per heavy atom. The molecule has 0 spiro atoms. The molecule has 0 bridgehead atoms. The van der Waals surface area contributed by atoms with E-state index >= 15 is 0 Å². The minimum Gasteiger partial charge on any atom is -0.497 e. The van der Waals surface area contributed by atoms with Crippen molar-refractivity contribution in [2.45, 2.75) is 6.42 Å². The Labute approximate surface area is 124 Å². The highest BCUT2D eigenvalue weighted by Crippen LogP contribution is 2.13. The molecule has 1 heterocycles. The first-order valence-corrected chi connectivity index (χ1v) is 6.73. The fourth-order valence-electron chi connectivity index (χ4n) is 1.79. The van der Waals surface area contributed by atoms with Crippen LogP contribution in [0.1, 0.15) is 5.56 Å². The standard InChI is InChI=1S/C15H19N5O/c1-3-8-17-15-19-14(11-18-20-15)16-9-7-12-5-4-6-13(10-12)21-2/h3-6,10-11H,1,7-9H2,2H3,(H2,16,17,19,20). The highest BCUT2D eigenvalue weighted by Gasteiger charge is 2.00. The van der Waals surface area contributed by atoms with E-state index in [4.69, 9.17) is 4.74 Å². The molecule has 2 aromatic rings. The zero-order chi connectivity index (χ0) is 14.9. The molecule has 0 saturated heterocycles. The Kier molecular flexibility index (Phi) is 5.51. The maximum absolute atomic E-state index is 5.21. The van der Waals surface area contributed by atoms with E-state index in [9.17, 15) is 0 Å². The number of nitrogens with one attached hydrogen (secondary N) is 2. The van der Waals surface area contributed by atoms with Crippen LogP contribution in [-0.2, 0) is 6.42 Å². The van der Waals surface area contributed by atoms with E-state index in [1.54, 1.807) is 19.4 Å². The summed E-state index contributed by atoms with van der Waals surface area (Å²) in [6, 6.07) is 8.01. The molecular weight excluding hydrogens is 266 g/mol. The predicted octanol–water partition coefficient (Wildman–Crippen LogP) is 2.13. The lowest BCUT2D eigenvalue weighted by molar-refractivity contribution is 0.414. The van der Waals surface area contributed by atoms with Crippen LogP contribution in [0.25, 0.3) is 0 Å². The third-order valence-electron chi connectivity index (χ3n) is 2.82. The van der Waals surface area contributed by atoms with Gasteiger partial charge >= 0.3 is 0 Å². The summed E-state index contributed by atoms with van der Waals surface area (Å²) in [5.74, 6) is 2.05. The molecule has 0 amide bonds. The quantitative estimate of drug-likeness (QED) is 0.724. The number of benzene rings is 1. The third kappa shape index (κ3) is 4.76. The second kappa shape index (κ2) is 7.84. The molecule has 0 radical (unpaired) electrons. The van der Waals surface area contributed by atoms with E-state index in [2.05, 4.69) is 38.5 Å². The lowest BCUT2D eigenvalue weighted by Gasteiger charge is -2.07. The number of anilines is 2. The Hall–Kier alpha value is -2.63. The van der Waals surface area contributed by atoms with Crippen LogP contribution in [0.2, 0.25) is 0 Å². The fourth-order valence-corrected chi connectivity index (χ4v) is 1.79. The van der Waals surface area contributed by atoms with Crippen LogP contribution >= 0.6 is 0 Å². The second-order valence-corrected chi connectivity index (χ2v) is 4.36. The Bertz CT molecular complexity index is 588. The monoisotopic (exact) mass is 285 g/mol. The average Bonchev–Trinajstić information content (AvgIpc) is 2.53. The molecule has 0 saturated carbocycles. The first-order valence-electron chi connectivity index (χ1n) is 6.73. The van der Waals surface area contributed by atoms with Crippen molar-refractivity contribution in [2.75, 3.05) is 30.8 Å². The van der Waals surface area contributed by atoms with E-state index in [0.717, 1.165) is 18.7 Å². The van der Waals surface area contributed by atoms with Crippen LogP contribution in [0.3, 0.4) is 0 Å². The maximum Gasteiger partial charge on any atom is 0.244 e. The minimum atomic E-state index is 0.487. The fraction of sp³-hybridized carbons (Fsp3) is 0.267. The van der Waals surface area contributed by atoms with Crippen molar-refractivity contribution in [1.82, 2.24) is 15.2 Å². The molecule has 2 rings (SSSR count). The molecule has 0 aliphatic heterocycles. The second-order valence-electron chi connectivity index (χ2n) is 4.36. The average molecular weight is 285 g/mol. The van der Waals surface area contributed by atoms with Crippen LogP contribution in [-0.4, -0.2) is 35.4 Å². The van der Waals surface area contributed by atoms with E-state index in [-0.39, 0.29) is 0 Å². The number of rotatable bonds is 8. The number of nitrogens with zero attached hydrogens (tertiary/aromatic N) is 3. The summed E-state index contributed by atoms with van der Waals surface area (Å²) < 4.78 is 5.21. The van der Waals surface area contributed by atoms with Gasteiger partial charge in [0, 0.05) is 13.1 Å². The highest BCUT2D eigenvalue weighted by atomic mass is 16.5. The Balaban J connectivity index is 1.86. The van der Waals surface area contributed by atoms with Crippen molar-refractivity contribution in [3.8, 4) is 5.75 Å². The Morgan fingerprint density at radius 2 is 2.24 bits per heavy atom. The number of ether oxygens (including phenoxy) is 1. The van der Waals surface area contributed by atoms with Crippen LogP contribution in [0, 0.1) is 0 Å². The van der Waals surface area contributed by atoms with E-state index in [1.807, 2.05) is 18.2 Å². The number of hydrogen-bond acceptors (Lipinski definition) is 6. The summed E-state index contributed by atoms with van der Waals surface area (Å²) in [4.78, 5) is 4.31. The largest absolute Gasteiger partial charge is 0.497 e. The SMILES string of the molecule is C=CCNc1nncc(NCCc2cccc(OC)c2)n1. The van der Waals surface area contributed by atoms with Crippen LogP contribution in [0.15, 0.2) is 43.1 Å². The molecular formula is C15H19N5O. The van der Waals surface area contributed by atoms with E-state index < -0.39 is 0 Å². The maximum atomic E-state index is 5.21. The normalized spacial score (nSPS) is 9.95. The van der Waals surface area contributed by atoms with Gasteiger partial charge in [0.1, 0.15) is 5.75 Å². The summed E-state index contributed by atoms with van der Waals surface area (Å²) in [6.45, 7) is 4.99. The van der Waals surface area contributed by atoms with Crippen molar-refractivity contribution in [3.63, 3.8) is 0 Å². The summed E-state index contributed by atoms with van der Waals surface area (Å²) in [6.07, 6.45) is 4.22. The molecule has 2 N–H and O–H groups in total. The van der Waals surface area contributed by atoms with Gasteiger partial charge in [0.2, 0.25) is 5.95 Å². The van der Waals surface area contributed by atoms with Crippen molar-refractivity contribution >= 4 is 11.8 Å². The lowest BCUT2D eigenvalue weighted by Crippen LogP contribution is -2.10. The van der Waals surface area contributed by atoms with Crippen LogP contribution in [0.5, 0.6) is 5.75 Å². The minimum absolute atomic E-state index is 0.487. The molecule has 1 aromatic heterocycles. The third-order valence-corrected chi connectivity index (χ3v) is 2.82. The molecule has 21 heavy (non-hydrogen) atoms. The van der Waals surface area contributed by atoms with Crippen LogP contribution in [0.4, 0.5) is 11.8 Å². The topological polar surface area (TPSA) is 72.0 Å². The van der Waals surface area contributed by atoms with Gasteiger partial charge in [-0.25, -0.2) is 0 Å². The number of aromatic nitrogens is 3. The molecule has 0 aliphatic rings. The van der Waals surface area contributed by atoms with Gasteiger partial charge in [-0.15, -0.1) is 11.7 Å². The summed E-state index contributed by atoms with van der Waals surface area (Å²) in [5.41, 5.74) is 1.20. The molecule has 110 valence electrons. The van der Waals surface area contributed by atoms with Crippen molar-refractivity contribution in [1.29, 1.82) is 0 Å².